The number of alkyl halides is 3. The summed E-state index contributed by atoms with van der Waals surface area (Å²) in [6, 6.07) is 12.4. The Bertz CT molecular complexity index is 1560. The lowest BCUT2D eigenvalue weighted by molar-refractivity contribution is -0.138. The van der Waals surface area contributed by atoms with Crippen molar-refractivity contribution in [1.29, 1.82) is 5.26 Å². The average molecular weight is 595 g/mol. The molecule has 1 amide bonds. The first kappa shape index (κ1) is 29.3. The molecule has 9 nitrogen and oxygen atoms in total. The van der Waals surface area contributed by atoms with E-state index < -0.39 is 17.6 Å². The van der Waals surface area contributed by atoms with Crippen LogP contribution in [0.2, 0.25) is 0 Å². The maximum atomic E-state index is 14.4. The van der Waals surface area contributed by atoms with Crippen molar-refractivity contribution in [2.45, 2.75) is 43.9 Å². The second kappa shape index (κ2) is 11.4. The highest BCUT2D eigenvalue weighted by atomic mass is 19.4. The molecule has 1 aliphatic carbocycles. The Morgan fingerprint density at radius 1 is 1.23 bits per heavy atom. The number of fused-ring (bicyclic) bond motifs is 1. The first-order valence-corrected chi connectivity index (χ1v) is 14.4. The number of aryl methyl sites for hydroxylation is 1. The highest BCUT2D eigenvalue weighted by molar-refractivity contribution is 6.10. The molecule has 43 heavy (non-hydrogen) atoms. The van der Waals surface area contributed by atoms with Crippen LogP contribution >= 0.6 is 0 Å². The molecule has 1 saturated carbocycles. The van der Waals surface area contributed by atoms with Gasteiger partial charge in [-0.3, -0.25) is 9.69 Å². The monoisotopic (exact) mass is 594 g/mol. The number of carbonyl (C=O) groups excluding carboxylic acids is 1. The van der Waals surface area contributed by atoms with E-state index in [0.29, 0.717) is 56.8 Å². The zero-order valence-corrected chi connectivity index (χ0v) is 23.8. The quantitative estimate of drug-likeness (QED) is 0.443. The molecular formula is C31H33F3N6O3. The van der Waals surface area contributed by atoms with Gasteiger partial charge in [-0.05, 0) is 53.8 Å². The van der Waals surface area contributed by atoms with Crippen LogP contribution in [0.3, 0.4) is 0 Å². The Morgan fingerprint density at radius 3 is 2.74 bits per heavy atom. The summed E-state index contributed by atoms with van der Waals surface area (Å²) in [4.78, 5) is 17.1. The molecule has 6 rings (SSSR count). The number of ether oxygens (including phenoxy) is 1. The van der Waals surface area contributed by atoms with Gasteiger partial charge in [0, 0.05) is 68.2 Å². The van der Waals surface area contributed by atoms with Crippen molar-refractivity contribution in [3.63, 3.8) is 0 Å². The molecule has 226 valence electrons. The minimum absolute atomic E-state index is 0.0268. The summed E-state index contributed by atoms with van der Waals surface area (Å²) in [5.41, 5.74) is 0.673. The van der Waals surface area contributed by atoms with E-state index in [4.69, 9.17) is 4.74 Å². The van der Waals surface area contributed by atoms with Gasteiger partial charge in [0.15, 0.2) is 0 Å². The van der Waals surface area contributed by atoms with Gasteiger partial charge < -0.3 is 19.3 Å². The van der Waals surface area contributed by atoms with E-state index in [1.807, 2.05) is 34.7 Å². The van der Waals surface area contributed by atoms with Crippen molar-refractivity contribution in [2.24, 2.45) is 18.9 Å². The van der Waals surface area contributed by atoms with Gasteiger partial charge >= 0.3 is 6.18 Å². The third-order valence-corrected chi connectivity index (χ3v) is 9.02. The van der Waals surface area contributed by atoms with Gasteiger partial charge in [-0.25, -0.2) is 0 Å². The van der Waals surface area contributed by atoms with Crippen molar-refractivity contribution in [3.05, 3.63) is 76.4 Å². The predicted octanol–water partition coefficient (Wildman–Crippen LogP) is 3.85. The number of nitriles is 1. The number of aliphatic hydroxyl groups excluding tert-OH is 1. The number of aromatic nitrogens is 3. The number of carbonyl (C=O) groups is 1. The average Bonchev–Trinajstić information content (AvgIpc) is 3.43. The van der Waals surface area contributed by atoms with E-state index in [9.17, 15) is 28.3 Å². The number of halogens is 3. The van der Waals surface area contributed by atoms with Gasteiger partial charge in [-0.15, -0.1) is 10.2 Å². The fourth-order valence-electron chi connectivity index (χ4n) is 6.72. The van der Waals surface area contributed by atoms with Crippen LogP contribution in [0.4, 0.5) is 18.9 Å². The van der Waals surface area contributed by atoms with E-state index >= 15 is 0 Å². The molecule has 1 saturated heterocycles. The topological polar surface area (TPSA) is 108 Å². The fraction of sp³-hybridized carbons (Fsp3) is 0.484. The van der Waals surface area contributed by atoms with Crippen molar-refractivity contribution >= 4 is 11.6 Å². The van der Waals surface area contributed by atoms with Crippen LogP contribution in [0.25, 0.3) is 0 Å². The molecule has 0 radical (unpaired) electrons. The predicted molar refractivity (Wildman–Crippen MR) is 150 cm³/mol. The van der Waals surface area contributed by atoms with E-state index in [2.05, 4.69) is 16.3 Å². The van der Waals surface area contributed by atoms with Crippen molar-refractivity contribution in [1.82, 2.24) is 19.7 Å². The van der Waals surface area contributed by atoms with Crippen LogP contribution in [-0.2, 0) is 42.9 Å². The molecule has 12 heteroatoms. The van der Waals surface area contributed by atoms with Crippen LogP contribution in [0.15, 0.2) is 42.7 Å². The summed E-state index contributed by atoms with van der Waals surface area (Å²) in [7, 11) is 1.86. The lowest BCUT2D eigenvalue weighted by atomic mass is 9.57. The van der Waals surface area contributed by atoms with Gasteiger partial charge in [-0.1, -0.05) is 12.1 Å². The maximum absolute atomic E-state index is 14.4. The minimum atomic E-state index is -4.63. The number of nitrogens with zero attached hydrogens (tertiary/aromatic N) is 6. The molecule has 2 aromatic carbocycles. The summed E-state index contributed by atoms with van der Waals surface area (Å²) in [6.07, 6.45) is -1.22. The standard InChI is InChI=1S/C31H33F3N6O3/c1-38-19-36-37-28(38)12-30(10-21(11-30)13-35)23-3-2-4-24(9-23)40-16-26-25(29(40)42)7-20(8-27(26)31(32,33)34)14-39-5-6-43-18-22(15-39)17-41/h2-4,7-9,19,21-22,41H,5-6,10-12,14-18H2,1H3/t21-,22?,30-. The Labute approximate surface area is 247 Å². The molecule has 0 bridgehead atoms. The first-order valence-electron chi connectivity index (χ1n) is 14.4. The van der Waals surface area contributed by atoms with Gasteiger partial charge in [0.2, 0.25) is 0 Å². The number of anilines is 1. The Morgan fingerprint density at radius 2 is 2.05 bits per heavy atom. The van der Waals surface area contributed by atoms with E-state index in [0.717, 1.165) is 17.5 Å². The molecule has 3 aliphatic rings. The third-order valence-electron chi connectivity index (χ3n) is 9.02. The van der Waals surface area contributed by atoms with Crippen LogP contribution in [0.5, 0.6) is 0 Å². The number of benzene rings is 2. The van der Waals surface area contributed by atoms with Crippen LogP contribution in [0, 0.1) is 23.2 Å². The highest BCUT2D eigenvalue weighted by Crippen LogP contribution is 2.50. The van der Waals surface area contributed by atoms with Gasteiger partial charge in [0.05, 0.1) is 31.4 Å². The lowest BCUT2D eigenvalue weighted by Crippen LogP contribution is -2.43. The zero-order chi connectivity index (χ0) is 30.4. The van der Waals surface area contributed by atoms with Crippen LogP contribution in [-0.4, -0.2) is 63.6 Å². The first-order chi connectivity index (χ1) is 20.6. The second-order valence-electron chi connectivity index (χ2n) is 12.0. The summed E-state index contributed by atoms with van der Waals surface area (Å²) in [5.74, 6) is 0.0677. The molecule has 0 spiro atoms. The van der Waals surface area contributed by atoms with Crippen LogP contribution in [0.1, 0.15) is 51.3 Å². The van der Waals surface area contributed by atoms with Crippen molar-refractivity contribution in [2.75, 3.05) is 37.8 Å². The minimum Gasteiger partial charge on any atom is -0.396 e. The highest BCUT2D eigenvalue weighted by Gasteiger charge is 2.47. The number of hydrogen-bond acceptors (Lipinski definition) is 7. The Balaban J connectivity index is 1.31. The summed E-state index contributed by atoms with van der Waals surface area (Å²) in [6.45, 7) is 1.78. The van der Waals surface area contributed by atoms with Crippen LogP contribution < -0.4 is 4.90 Å². The fourth-order valence-corrected chi connectivity index (χ4v) is 6.72. The molecule has 1 atom stereocenters. The van der Waals surface area contributed by atoms with E-state index in [1.165, 1.54) is 4.90 Å². The largest absolute Gasteiger partial charge is 0.416 e. The van der Waals surface area contributed by atoms with Crippen molar-refractivity contribution < 1.29 is 27.8 Å². The molecule has 2 aliphatic heterocycles. The number of aliphatic hydroxyl groups is 1. The Kier molecular flexibility index (Phi) is 7.75. The summed E-state index contributed by atoms with van der Waals surface area (Å²) < 4.78 is 50.4. The SMILES string of the molecule is Cn1cnnc1C[C@]1(c2cccc(N3Cc4c(cc(CN5CCOCC(CO)C5)cc4C(F)(F)F)C3=O)c2)C[C@H](C#N)C1. The van der Waals surface area contributed by atoms with Gasteiger partial charge in [0.25, 0.3) is 5.91 Å². The second-order valence-corrected chi connectivity index (χ2v) is 12.0. The van der Waals surface area contributed by atoms with Crippen molar-refractivity contribution in [3.8, 4) is 6.07 Å². The normalized spacial score (nSPS) is 24.4. The molecule has 3 heterocycles. The maximum Gasteiger partial charge on any atom is 0.416 e. The van der Waals surface area contributed by atoms with Gasteiger partial charge in [0.1, 0.15) is 12.2 Å². The molecule has 3 aromatic rings. The summed E-state index contributed by atoms with van der Waals surface area (Å²) >= 11 is 0. The lowest BCUT2D eigenvalue weighted by Gasteiger charge is -2.45. The zero-order valence-electron chi connectivity index (χ0n) is 23.8. The molecule has 1 aromatic heterocycles. The van der Waals surface area contributed by atoms with Gasteiger partial charge in [-0.2, -0.15) is 18.4 Å². The number of rotatable bonds is 7. The number of hydrogen-bond donors (Lipinski definition) is 1. The molecule has 2 fully saturated rings. The molecule has 1 N–H and O–H groups in total. The summed E-state index contributed by atoms with van der Waals surface area (Å²) in [5, 5.41) is 27.3. The Hall–Kier alpha value is -3.79. The smallest absolute Gasteiger partial charge is 0.396 e. The third kappa shape index (κ3) is 5.64. The molecule has 1 unspecified atom stereocenters. The van der Waals surface area contributed by atoms with E-state index in [1.54, 1.807) is 18.5 Å². The van der Waals surface area contributed by atoms with E-state index in [-0.39, 0.29) is 48.1 Å². The number of amides is 1. The molecular weight excluding hydrogens is 561 g/mol.